The summed E-state index contributed by atoms with van der Waals surface area (Å²) in [6.07, 6.45) is 0. The van der Waals surface area contributed by atoms with E-state index in [4.69, 9.17) is 42.6 Å². The van der Waals surface area contributed by atoms with Gasteiger partial charge in [-0.25, -0.2) is 68.4 Å². The van der Waals surface area contributed by atoms with Gasteiger partial charge in [0.15, 0.2) is 0 Å². The summed E-state index contributed by atoms with van der Waals surface area (Å²) in [7, 11) is -16.3. The lowest BCUT2D eigenvalue weighted by atomic mass is 9.99. The molecule has 0 aliphatic heterocycles. The second-order valence-electron chi connectivity index (χ2n) is 25.8. The van der Waals surface area contributed by atoms with Crippen LogP contribution in [0.15, 0.2) is 354 Å². The molecule has 14 aromatic carbocycles. The van der Waals surface area contributed by atoms with Crippen LogP contribution in [0.4, 0.5) is 17.1 Å². The lowest BCUT2D eigenvalue weighted by Crippen LogP contribution is -2.25. The number of para-hydroxylation sites is 9. The van der Waals surface area contributed by atoms with Crippen LogP contribution in [0.5, 0.6) is 51.7 Å². The number of nitrogens with one attached hydrogen (secondary N) is 3. The van der Waals surface area contributed by atoms with Crippen LogP contribution in [0, 0.1) is 0 Å². The first-order valence-corrected chi connectivity index (χ1v) is 40.5. The Morgan fingerprint density at radius 1 is 0.198 bits per heavy atom. The average molecular weight is 1670 g/mol. The van der Waals surface area contributed by atoms with E-state index in [1.165, 1.54) is 218 Å². The summed E-state index contributed by atoms with van der Waals surface area (Å²) in [6, 6.07) is 75.4. The van der Waals surface area contributed by atoms with E-state index < -0.39 is 176 Å². The number of esters is 9. The standard InChI is InChI=1S/C91H59N3O24S3/c95-83(110-61-28-10-1-11-29-61)73-50-58(51-74(84(96)111-62-30-12-2-13-31-62)80(73)89(101)116-67-40-22-7-23-41-67)92-119(104,105)70-46-47-72-57(48-70)49-71(120(106,107)93-59-52-75(85(97)112-63-32-14-3-15-33-63)81(90(102)117-68-42-24-8-25-43-68)76(53-59)86(98)113-64-34-16-4-17-35-64)56-79(72)121(108,109)94-60-54-77(87(99)114-65-36-18-5-19-37-65)82(91(103)118-69-44-26-9-27-45-69)78(55-60)88(100)115-66-38-20-6-21-39-66/h1-56,92-94H. The van der Waals surface area contributed by atoms with Crippen molar-refractivity contribution in [3.05, 3.63) is 390 Å². The van der Waals surface area contributed by atoms with Crippen molar-refractivity contribution in [3.63, 3.8) is 0 Å². The van der Waals surface area contributed by atoms with E-state index in [9.17, 15) is 43.2 Å². The van der Waals surface area contributed by atoms with E-state index >= 15 is 25.3 Å². The minimum atomic E-state index is -5.54. The number of carbonyl (C=O) groups is 9. The Hall–Kier alpha value is -16.2. The molecule has 3 N–H and O–H groups in total. The maximum absolute atomic E-state index is 15.9. The van der Waals surface area contributed by atoms with Gasteiger partial charge in [-0.2, -0.15) is 0 Å². The highest BCUT2D eigenvalue weighted by Gasteiger charge is 2.36. The highest BCUT2D eigenvalue weighted by molar-refractivity contribution is 7.94. The minimum absolute atomic E-state index is 0.0538. The van der Waals surface area contributed by atoms with Crippen molar-refractivity contribution >= 4 is 112 Å². The lowest BCUT2D eigenvalue weighted by Gasteiger charge is -2.19. The van der Waals surface area contributed by atoms with E-state index in [1.807, 2.05) is 0 Å². The molecule has 0 amide bonds. The van der Waals surface area contributed by atoms with Crippen molar-refractivity contribution in [1.29, 1.82) is 0 Å². The Morgan fingerprint density at radius 2 is 0.388 bits per heavy atom. The first kappa shape index (κ1) is 81.4. The lowest BCUT2D eigenvalue weighted by molar-refractivity contribution is 0.0673. The molecule has 0 saturated carbocycles. The van der Waals surface area contributed by atoms with Crippen LogP contribution < -0.4 is 56.8 Å². The molecule has 0 spiro atoms. The topological polar surface area (TPSA) is 375 Å². The molecule has 0 aromatic heterocycles. The Labute approximate surface area is 688 Å². The third-order valence-corrected chi connectivity index (χ3v) is 21.6. The van der Waals surface area contributed by atoms with Crippen molar-refractivity contribution < 1.29 is 111 Å². The summed E-state index contributed by atoms with van der Waals surface area (Å²) >= 11 is 0. The van der Waals surface area contributed by atoms with Gasteiger partial charge in [-0.15, -0.1) is 0 Å². The molecule has 0 aliphatic rings. The number of anilines is 3. The molecule has 27 nitrogen and oxygen atoms in total. The van der Waals surface area contributed by atoms with Crippen LogP contribution in [0.25, 0.3) is 10.8 Å². The number of hydrogen-bond donors (Lipinski definition) is 3. The van der Waals surface area contributed by atoms with Crippen molar-refractivity contribution in [1.82, 2.24) is 0 Å². The molecule has 121 heavy (non-hydrogen) atoms. The summed E-state index contributed by atoms with van der Waals surface area (Å²) in [5.41, 5.74) is -9.15. The summed E-state index contributed by atoms with van der Waals surface area (Å²) < 4.78 is 152. The van der Waals surface area contributed by atoms with Crippen molar-refractivity contribution in [2.45, 2.75) is 14.7 Å². The Bertz CT molecular complexity index is 6500. The molecule has 0 fully saturated rings. The second-order valence-corrected chi connectivity index (χ2v) is 30.8. The fourth-order valence-electron chi connectivity index (χ4n) is 12.0. The SMILES string of the molecule is O=C(Oc1ccccc1)c1cc(NS(=O)(=O)c2ccc3c(S(=O)(=O)Nc4cc(C(=O)Oc5ccccc5)c(C(=O)Oc5ccccc5)c(C(=O)Oc5ccccc5)c4)cc(S(=O)(=O)Nc4cc(C(=O)Oc5ccccc5)c(C(=O)Oc5ccccc5)c(C(=O)Oc5ccccc5)c4)cc3c2)cc(C(=O)Oc2ccccc2)c1C(=O)Oc1ccccc1. The number of hydrogen-bond acceptors (Lipinski definition) is 24. The molecule has 0 saturated heterocycles. The van der Waals surface area contributed by atoms with E-state index in [-0.39, 0.29) is 51.7 Å². The molecule has 0 aliphatic carbocycles. The zero-order valence-electron chi connectivity index (χ0n) is 62.4. The zero-order chi connectivity index (χ0) is 84.8. The molecular weight excluding hydrogens is 1620 g/mol. The fourth-order valence-corrected chi connectivity index (χ4v) is 15.6. The van der Waals surface area contributed by atoms with E-state index in [1.54, 1.807) is 54.6 Å². The van der Waals surface area contributed by atoms with E-state index in [2.05, 4.69) is 14.2 Å². The van der Waals surface area contributed by atoms with Crippen LogP contribution in [0.3, 0.4) is 0 Å². The Kier molecular flexibility index (Phi) is 24.2. The van der Waals surface area contributed by atoms with Gasteiger partial charge >= 0.3 is 53.7 Å². The predicted octanol–water partition coefficient (Wildman–Crippen LogP) is 16.2. The van der Waals surface area contributed by atoms with Crippen LogP contribution >= 0.6 is 0 Å². The summed E-state index contributed by atoms with van der Waals surface area (Å²) in [5, 5.41) is -1.04. The molecule has 600 valence electrons. The molecule has 0 radical (unpaired) electrons. The van der Waals surface area contributed by atoms with Crippen LogP contribution in [0.2, 0.25) is 0 Å². The molecule has 0 atom stereocenters. The number of ether oxygens (including phenoxy) is 9. The molecule has 14 rings (SSSR count). The van der Waals surface area contributed by atoms with E-state index in [0.29, 0.717) is 6.07 Å². The first-order chi connectivity index (χ1) is 58.4. The molecule has 0 heterocycles. The Balaban J connectivity index is 0.940. The number of carbonyl (C=O) groups excluding carboxylic acids is 9. The summed E-state index contributed by atoms with van der Waals surface area (Å²) in [6.45, 7) is 0. The van der Waals surface area contributed by atoms with Crippen LogP contribution in [0.1, 0.15) is 93.2 Å². The van der Waals surface area contributed by atoms with Gasteiger partial charge in [0.25, 0.3) is 30.1 Å². The average Bonchev–Trinajstić information content (AvgIpc) is 0.752. The quantitative estimate of drug-likeness (QED) is 0.0318. The van der Waals surface area contributed by atoms with Crippen LogP contribution in [-0.4, -0.2) is 79.0 Å². The number of fused-ring (bicyclic) bond motifs is 1. The molecule has 14 aromatic rings. The van der Waals surface area contributed by atoms with Crippen molar-refractivity contribution in [3.8, 4) is 51.7 Å². The van der Waals surface area contributed by atoms with Gasteiger partial charge in [0.1, 0.15) is 51.7 Å². The van der Waals surface area contributed by atoms with Gasteiger partial charge in [-0.05, 0) is 175 Å². The second kappa shape index (κ2) is 35.9. The monoisotopic (exact) mass is 1670 g/mol. The number of benzene rings is 14. The maximum Gasteiger partial charge on any atom is 0.345 e. The van der Waals surface area contributed by atoms with Gasteiger partial charge in [-0.3, -0.25) is 14.2 Å². The highest BCUT2D eigenvalue weighted by atomic mass is 32.2. The molecule has 0 unspecified atom stereocenters. The van der Waals surface area contributed by atoms with Gasteiger partial charge in [0.2, 0.25) is 0 Å². The zero-order valence-corrected chi connectivity index (χ0v) is 64.8. The van der Waals surface area contributed by atoms with Gasteiger partial charge in [-0.1, -0.05) is 170 Å². The van der Waals surface area contributed by atoms with Gasteiger partial charge < -0.3 is 42.6 Å². The van der Waals surface area contributed by atoms with E-state index in [0.717, 1.165) is 60.7 Å². The smallest absolute Gasteiger partial charge is 0.345 e. The van der Waals surface area contributed by atoms with Gasteiger partial charge in [0.05, 0.1) is 81.8 Å². The normalized spacial score (nSPS) is 11.1. The molecular formula is C91H59N3O24S3. The summed E-state index contributed by atoms with van der Waals surface area (Å²) in [4.78, 5) is 129. The van der Waals surface area contributed by atoms with Crippen molar-refractivity contribution in [2.24, 2.45) is 0 Å². The fraction of sp³-hybridized carbons (Fsp3) is 0. The predicted molar refractivity (Wildman–Crippen MR) is 438 cm³/mol. The van der Waals surface area contributed by atoms with Crippen LogP contribution in [-0.2, 0) is 30.1 Å². The third kappa shape index (κ3) is 19.7. The first-order valence-electron chi connectivity index (χ1n) is 36.0. The third-order valence-electron chi connectivity index (χ3n) is 17.5. The highest BCUT2D eigenvalue weighted by Crippen LogP contribution is 2.37. The minimum Gasteiger partial charge on any atom is -0.423 e. The largest absolute Gasteiger partial charge is 0.423 e. The molecule has 30 heteroatoms. The summed E-state index contributed by atoms with van der Waals surface area (Å²) in [5.74, 6) is -12.9. The van der Waals surface area contributed by atoms with Crippen molar-refractivity contribution in [2.75, 3.05) is 14.2 Å². The van der Waals surface area contributed by atoms with Gasteiger partial charge in [0, 0.05) is 5.39 Å². The number of rotatable bonds is 27. The molecule has 0 bridgehead atoms. The maximum atomic E-state index is 15.9. The Morgan fingerprint density at radius 3 is 0.612 bits per heavy atom. The number of sulfonamides is 3.